The summed E-state index contributed by atoms with van der Waals surface area (Å²) in [7, 11) is 0. The Hall–Kier alpha value is -2.64. The Balaban J connectivity index is 1.70. The fraction of sp³-hybridized carbons (Fsp3) is 0.476. The number of piperidine rings is 1. The molecule has 1 saturated heterocycles. The highest BCUT2D eigenvalue weighted by atomic mass is 32.2. The van der Waals surface area contributed by atoms with Gasteiger partial charge in [0.2, 0.25) is 5.91 Å². The number of terminal acetylenes is 1. The molecule has 2 heterocycles. The van der Waals surface area contributed by atoms with E-state index in [2.05, 4.69) is 17.8 Å². The zero-order valence-electron chi connectivity index (χ0n) is 17.3. The third-order valence-electron chi connectivity index (χ3n) is 5.22. The van der Waals surface area contributed by atoms with E-state index in [4.69, 9.17) is 6.42 Å². The quantitative estimate of drug-likeness (QED) is 0.359. The number of hydrogen-bond acceptors (Lipinski definition) is 6. The standard InChI is InChI=1S/C21H24N4O4S2/c1-3-10-24-17-9-8-16(25(28)29)12-18(17)31-21(24)22-19(26)13-30-14-20(27)23-11-6-5-7-15(23)4-2/h1,8-9,12,15H,4-7,10-11,13-14H2,2H3. The molecule has 1 atom stereocenters. The van der Waals surface area contributed by atoms with E-state index < -0.39 is 4.92 Å². The molecule has 1 aromatic carbocycles. The molecule has 2 amide bonds. The number of thiazole rings is 1. The van der Waals surface area contributed by atoms with Crippen LogP contribution in [0.25, 0.3) is 10.2 Å². The highest BCUT2D eigenvalue weighted by Gasteiger charge is 2.25. The van der Waals surface area contributed by atoms with Gasteiger partial charge in [-0.25, -0.2) is 0 Å². The molecule has 1 aliphatic heterocycles. The van der Waals surface area contributed by atoms with E-state index in [0.717, 1.165) is 32.2 Å². The Bertz CT molecular complexity index is 1100. The predicted molar refractivity (Wildman–Crippen MR) is 123 cm³/mol. The molecule has 1 aliphatic rings. The number of nitro benzene ring substituents is 1. The number of non-ortho nitro benzene ring substituents is 1. The van der Waals surface area contributed by atoms with Crippen molar-refractivity contribution in [2.24, 2.45) is 4.99 Å². The van der Waals surface area contributed by atoms with Crippen LogP contribution < -0.4 is 4.80 Å². The van der Waals surface area contributed by atoms with Gasteiger partial charge in [-0.3, -0.25) is 19.7 Å². The highest BCUT2D eigenvalue weighted by molar-refractivity contribution is 8.00. The van der Waals surface area contributed by atoms with Gasteiger partial charge in [0, 0.05) is 24.7 Å². The van der Waals surface area contributed by atoms with Gasteiger partial charge in [-0.1, -0.05) is 24.2 Å². The van der Waals surface area contributed by atoms with Crippen molar-refractivity contribution in [3.8, 4) is 12.3 Å². The summed E-state index contributed by atoms with van der Waals surface area (Å²) in [6.07, 6.45) is 9.62. The molecule has 0 bridgehead atoms. The van der Waals surface area contributed by atoms with Crippen LogP contribution in [-0.4, -0.2) is 50.3 Å². The van der Waals surface area contributed by atoms with E-state index in [9.17, 15) is 19.7 Å². The van der Waals surface area contributed by atoms with Crippen molar-refractivity contribution in [1.82, 2.24) is 9.47 Å². The third-order valence-corrected chi connectivity index (χ3v) is 7.16. The minimum Gasteiger partial charge on any atom is -0.339 e. The average molecular weight is 461 g/mol. The number of hydrogen-bond donors (Lipinski definition) is 0. The molecule has 8 nitrogen and oxygen atoms in total. The molecule has 2 aromatic rings. The van der Waals surface area contributed by atoms with Crippen LogP contribution in [0.4, 0.5) is 5.69 Å². The van der Waals surface area contributed by atoms with Gasteiger partial charge < -0.3 is 9.47 Å². The Kier molecular flexibility index (Phi) is 7.87. The lowest BCUT2D eigenvalue weighted by atomic mass is 10.0. The molecule has 1 unspecified atom stereocenters. The number of thioether (sulfide) groups is 1. The molecule has 1 aromatic heterocycles. The van der Waals surface area contributed by atoms with Crippen LogP contribution in [0.2, 0.25) is 0 Å². The molecule has 0 N–H and O–H groups in total. The SMILES string of the molecule is C#CCn1c(=NC(=O)CSCC(=O)N2CCCCC2CC)sc2cc([N+](=O)[O-])ccc21. The topological polar surface area (TPSA) is 97.8 Å². The van der Waals surface area contributed by atoms with Crippen molar-refractivity contribution in [3.63, 3.8) is 0 Å². The monoisotopic (exact) mass is 460 g/mol. The Morgan fingerprint density at radius 1 is 1.39 bits per heavy atom. The van der Waals surface area contributed by atoms with E-state index in [-0.39, 0.29) is 35.6 Å². The van der Waals surface area contributed by atoms with Gasteiger partial charge in [-0.2, -0.15) is 4.99 Å². The first kappa shape index (κ1) is 23.0. The second kappa shape index (κ2) is 10.6. The summed E-state index contributed by atoms with van der Waals surface area (Å²) in [6, 6.07) is 4.76. The number of likely N-dealkylation sites (tertiary alicyclic amines) is 1. The Labute approximate surface area is 188 Å². The van der Waals surface area contributed by atoms with Gasteiger partial charge in [-0.15, -0.1) is 18.2 Å². The van der Waals surface area contributed by atoms with E-state index in [1.807, 2.05) is 4.90 Å². The summed E-state index contributed by atoms with van der Waals surface area (Å²) >= 11 is 2.44. The van der Waals surface area contributed by atoms with Crippen LogP contribution in [0, 0.1) is 22.5 Å². The van der Waals surface area contributed by atoms with Gasteiger partial charge in [0.25, 0.3) is 11.6 Å². The lowest BCUT2D eigenvalue weighted by Crippen LogP contribution is -2.44. The number of rotatable bonds is 7. The number of nitrogens with zero attached hydrogens (tertiary/aromatic N) is 4. The van der Waals surface area contributed by atoms with Gasteiger partial charge in [-0.05, 0) is 31.7 Å². The average Bonchev–Trinajstić information content (AvgIpc) is 3.09. The van der Waals surface area contributed by atoms with E-state index in [1.54, 1.807) is 10.6 Å². The fourth-order valence-electron chi connectivity index (χ4n) is 3.71. The molecule has 0 spiro atoms. The molecule has 10 heteroatoms. The van der Waals surface area contributed by atoms with Gasteiger partial charge in [0.05, 0.1) is 33.2 Å². The lowest BCUT2D eigenvalue weighted by molar-refractivity contribution is -0.384. The number of fused-ring (bicyclic) bond motifs is 1. The van der Waals surface area contributed by atoms with Gasteiger partial charge >= 0.3 is 0 Å². The first-order valence-corrected chi connectivity index (χ1v) is 12.1. The first-order valence-electron chi connectivity index (χ1n) is 10.1. The number of aromatic nitrogens is 1. The second-order valence-electron chi connectivity index (χ2n) is 7.23. The van der Waals surface area contributed by atoms with E-state index in [1.165, 1.54) is 35.2 Å². The summed E-state index contributed by atoms with van der Waals surface area (Å²) in [5.41, 5.74) is 0.662. The van der Waals surface area contributed by atoms with E-state index >= 15 is 0 Å². The Morgan fingerprint density at radius 2 is 2.19 bits per heavy atom. The molecular weight excluding hydrogens is 436 g/mol. The van der Waals surface area contributed by atoms with Crippen LogP contribution in [0.3, 0.4) is 0 Å². The van der Waals surface area contributed by atoms with Crippen molar-refractivity contribution in [1.29, 1.82) is 0 Å². The molecule has 3 rings (SSSR count). The first-order chi connectivity index (χ1) is 14.9. The molecule has 0 radical (unpaired) electrons. The molecule has 0 saturated carbocycles. The minimum absolute atomic E-state index is 0.0309. The molecule has 31 heavy (non-hydrogen) atoms. The van der Waals surface area contributed by atoms with Crippen LogP contribution in [-0.2, 0) is 16.1 Å². The number of carbonyl (C=O) groups is 2. The van der Waals surface area contributed by atoms with E-state index in [0.29, 0.717) is 21.1 Å². The normalized spacial score (nSPS) is 17.0. The van der Waals surface area contributed by atoms with Crippen molar-refractivity contribution < 1.29 is 14.5 Å². The van der Waals surface area contributed by atoms with Crippen LogP contribution in [0.5, 0.6) is 0 Å². The zero-order chi connectivity index (χ0) is 22.4. The maximum absolute atomic E-state index is 12.5. The Morgan fingerprint density at radius 3 is 2.90 bits per heavy atom. The molecule has 1 fully saturated rings. The number of carbonyl (C=O) groups excluding carboxylic acids is 2. The van der Waals surface area contributed by atoms with Crippen LogP contribution in [0.15, 0.2) is 23.2 Å². The van der Waals surface area contributed by atoms with Crippen molar-refractivity contribution >= 4 is 50.8 Å². The van der Waals surface area contributed by atoms with Gasteiger partial charge in [0.1, 0.15) is 0 Å². The van der Waals surface area contributed by atoms with Crippen molar-refractivity contribution in [2.75, 3.05) is 18.1 Å². The maximum atomic E-state index is 12.5. The van der Waals surface area contributed by atoms with Crippen molar-refractivity contribution in [3.05, 3.63) is 33.1 Å². The lowest BCUT2D eigenvalue weighted by Gasteiger charge is -2.35. The zero-order valence-corrected chi connectivity index (χ0v) is 18.9. The summed E-state index contributed by atoms with van der Waals surface area (Å²) in [5, 5.41) is 11.0. The number of benzene rings is 1. The smallest absolute Gasteiger partial charge is 0.270 e. The van der Waals surface area contributed by atoms with Crippen molar-refractivity contribution in [2.45, 2.75) is 45.2 Å². The molecule has 0 aliphatic carbocycles. The summed E-state index contributed by atoms with van der Waals surface area (Å²) in [6.45, 7) is 3.08. The summed E-state index contributed by atoms with van der Waals surface area (Å²) in [4.78, 5) is 42.0. The summed E-state index contributed by atoms with van der Waals surface area (Å²) in [5.74, 6) is 2.57. The van der Waals surface area contributed by atoms with Gasteiger partial charge in [0.15, 0.2) is 4.80 Å². The number of nitro groups is 1. The minimum atomic E-state index is -0.467. The predicted octanol–water partition coefficient (Wildman–Crippen LogP) is 3.20. The largest absolute Gasteiger partial charge is 0.339 e. The fourth-order valence-corrected chi connectivity index (χ4v) is 5.47. The second-order valence-corrected chi connectivity index (χ2v) is 9.22. The molecule has 164 valence electrons. The third kappa shape index (κ3) is 5.54. The number of amides is 2. The molecular formula is C21H24N4O4S2. The van der Waals surface area contributed by atoms with Crippen LogP contribution >= 0.6 is 23.1 Å². The van der Waals surface area contributed by atoms with Crippen LogP contribution in [0.1, 0.15) is 32.6 Å². The maximum Gasteiger partial charge on any atom is 0.270 e. The highest BCUT2D eigenvalue weighted by Crippen LogP contribution is 2.23. The summed E-state index contributed by atoms with van der Waals surface area (Å²) < 4.78 is 2.33.